The summed E-state index contributed by atoms with van der Waals surface area (Å²) in [5.74, 6) is -0.516. The van der Waals surface area contributed by atoms with Gasteiger partial charge in [-0.05, 0) is 30.2 Å². The van der Waals surface area contributed by atoms with Gasteiger partial charge >= 0.3 is 5.97 Å². The van der Waals surface area contributed by atoms with Crippen LogP contribution in [-0.2, 0) is 20.7 Å². The molecule has 0 saturated heterocycles. The normalized spacial score (nSPS) is 11.6. The number of hydrogen-bond donors (Lipinski definition) is 2. The first-order valence-corrected chi connectivity index (χ1v) is 8.76. The second-order valence-electron chi connectivity index (χ2n) is 6.00. The smallest absolute Gasteiger partial charge is 0.325 e. The Hall–Kier alpha value is -3.55. The van der Waals surface area contributed by atoms with Crippen molar-refractivity contribution in [3.8, 4) is 11.5 Å². The van der Waals surface area contributed by atoms with E-state index in [4.69, 9.17) is 14.2 Å². The summed E-state index contributed by atoms with van der Waals surface area (Å²) in [6.45, 7) is -0.181. The van der Waals surface area contributed by atoms with Crippen LogP contribution in [-0.4, -0.2) is 44.3 Å². The van der Waals surface area contributed by atoms with E-state index >= 15 is 0 Å². The molecule has 0 spiro atoms. The summed E-state index contributed by atoms with van der Waals surface area (Å²) in [4.78, 5) is 35.5. The Kier molecular flexibility index (Phi) is 6.46. The fraction of sp³-hybridized carbons (Fsp3) is 0.250. The van der Waals surface area contributed by atoms with Crippen LogP contribution in [0.4, 0.5) is 0 Å². The lowest BCUT2D eigenvalue weighted by Gasteiger charge is -2.08. The van der Waals surface area contributed by atoms with E-state index in [9.17, 15) is 14.4 Å². The number of ether oxygens (including phenoxy) is 3. The van der Waals surface area contributed by atoms with Crippen molar-refractivity contribution in [2.45, 2.75) is 6.42 Å². The zero-order chi connectivity index (χ0) is 19.8. The van der Waals surface area contributed by atoms with Crippen molar-refractivity contribution in [2.24, 2.45) is 0 Å². The van der Waals surface area contributed by atoms with E-state index in [1.54, 1.807) is 12.1 Å². The first-order valence-electron chi connectivity index (χ1n) is 8.76. The zero-order valence-corrected chi connectivity index (χ0v) is 15.1. The molecule has 8 nitrogen and oxygen atoms in total. The molecule has 2 N–H and O–H groups in total. The van der Waals surface area contributed by atoms with Gasteiger partial charge in [-0.15, -0.1) is 0 Å². The van der Waals surface area contributed by atoms with E-state index in [0.29, 0.717) is 30.0 Å². The highest BCUT2D eigenvalue weighted by Gasteiger charge is 2.17. The molecular formula is C20H20N2O6. The van der Waals surface area contributed by atoms with Crippen LogP contribution in [0.5, 0.6) is 11.5 Å². The van der Waals surface area contributed by atoms with Crippen LogP contribution in [0.3, 0.4) is 0 Å². The number of esters is 1. The second-order valence-corrected chi connectivity index (χ2v) is 6.00. The van der Waals surface area contributed by atoms with Crippen molar-refractivity contribution in [2.75, 3.05) is 26.5 Å². The topological polar surface area (TPSA) is 103 Å². The predicted molar refractivity (Wildman–Crippen MR) is 99.0 cm³/mol. The molecule has 2 aromatic rings. The maximum absolute atomic E-state index is 12.1. The summed E-state index contributed by atoms with van der Waals surface area (Å²) in [5.41, 5.74) is 1.43. The molecule has 8 heteroatoms. The minimum atomic E-state index is -0.702. The lowest BCUT2D eigenvalue weighted by Crippen LogP contribution is -2.34. The molecule has 0 unspecified atom stereocenters. The first-order chi connectivity index (χ1) is 13.6. The van der Waals surface area contributed by atoms with Crippen LogP contribution < -0.4 is 20.1 Å². The van der Waals surface area contributed by atoms with Crippen LogP contribution >= 0.6 is 0 Å². The monoisotopic (exact) mass is 384 g/mol. The summed E-state index contributed by atoms with van der Waals surface area (Å²) >= 11 is 0. The highest BCUT2D eigenvalue weighted by Crippen LogP contribution is 2.32. The van der Waals surface area contributed by atoms with Gasteiger partial charge in [0.1, 0.15) is 6.54 Å². The van der Waals surface area contributed by atoms with E-state index in [1.165, 1.54) is 6.07 Å². The van der Waals surface area contributed by atoms with Crippen molar-refractivity contribution in [3.63, 3.8) is 0 Å². The Morgan fingerprint density at radius 1 is 0.964 bits per heavy atom. The molecule has 0 aromatic heterocycles. The Morgan fingerprint density at radius 3 is 2.57 bits per heavy atom. The third kappa shape index (κ3) is 5.47. The maximum Gasteiger partial charge on any atom is 0.325 e. The van der Waals surface area contributed by atoms with Crippen LogP contribution in [0.2, 0.25) is 0 Å². The molecule has 0 saturated carbocycles. The van der Waals surface area contributed by atoms with Crippen molar-refractivity contribution in [1.29, 1.82) is 0 Å². The van der Waals surface area contributed by atoms with Crippen molar-refractivity contribution in [1.82, 2.24) is 10.6 Å². The zero-order valence-electron chi connectivity index (χ0n) is 15.1. The molecule has 0 radical (unpaired) electrons. The molecule has 2 aromatic carbocycles. The Morgan fingerprint density at radius 2 is 1.75 bits per heavy atom. The van der Waals surface area contributed by atoms with Crippen LogP contribution in [0.25, 0.3) is 0 Å². The Bertz CT molecular complexity index is 853. The molecule has 0 atom stereocenters. The van der Waals surface area contributed by atoms with Crippen molar-refractivity contribution >= 4 is 17.8 Å². The second kappa shape index (κ2) is 9.40. The average Bonchev–Trinajstić information content (AvgIpc) is 3.19. The Labute approximate surface area is 161 Å². The molecule has 2 amide bonds. The number of rotatable bonds is 8. The molecule has 0 fully saturated rings. The SMILES string of the molecule is O=C(COC(=O)CNC(=O)c1ccc2c(c1)OCO2)NCCc1ccccc1. The number of amides is 2. The molecule has 1 aliphatic heterocycles. The van der Waals surface area contributed by atoms with Gasteiger partial charge in [-0.1, -0.05) is 30.3 Å². The number of carbonyl (C=O) groups is 3. The summed E-state index contributed by atoms with van der Waals surface area (Å²) in [6, 6.07) is 14.4. The number of carbonyl (C=O) groups excluding carboxylic acids is 3. The van der Waals surface area contributed by atoms with Gasteiger partial charge < -0.3 is 24.8 Å². The van der Waals surface area contributed by atoms with E-state index in [1.807, 2.05) is 30.3 Å². The summed E-state index contributed by atoms with van der Waals surface area (Å²) in [5, 5.41) is 5.11. The lowest BCUT2D eigenvalue weighted by atomic mass is 10.1. The number of benzene rings is 2. The van der Waals surface area contributed by atoms with Crippen molar-refractivity contribution in [3.05, 3.63) is 59.7 Å². The Balaban J connectivity index is 1.32. The maximum atomic E-state index is 12.1. The van der Waals surface area contributed by atoms with Crippen LogP contribution in [0.15, 0.2) is 48.5 Å². The van der Waals surface area contributed by atoms with Crippen molar-refractivity contribution < 1.29 is 28.6 Å². The quantitative estimate of drug-likeness (QED) is 0.660. The highest BCUT2D eigenvalue weighted by atomic mass is 16.7. The van der Waals surface area contributed by atoms with Gasteiger partial charge in [-0.25, -0.2) is 0 Å². The molecule has 28 heavy (non-hydrogen) atoms. The van der Waals surface area contributed by atoms with Gasteiger partial charge in [0.25, 0.3) is 11.8 Å². The largest absolute Gasteiger partial charge is 0.454 e. The number of hydrogen-bond acceptors (Lipinski definition) is 6. The van der Waals surface area contributed by atoms with Gasteiger partial charge in [0, 0.05) is 12.1 Å². The minimum absolute atomic E-state index is 0.111. The predicted octanol–water partition coefficient (Wildman–Crippen LogP) is 1.05. The van der Waals surface area contributed by atoms with E-state index in [-0.39, 0.29) is 13.3 Å². The summed E-state index contributed by atoms with van der Waals surface area (Å²) in [6.07, 6.45) is 0.687. The summed E-state index contributed by atoms with van der Waals surface area (Å²) < 4.78 is 15.2. The molecule has 3 rings (SSSR count). The van der Waals surface area contributed by atoms with Gasteiger partial charge in [-0.2, -0.15) is 0 Å². The number of nitrogens with one attached hydrogen (secondary N) is 2. The van der Waals surface area contributed by atoms with Crippen LogP contribution in [0, 0.1) is 0 Å². The van der Waals surface area contributed by atoms with Gasteiger partial charge in [-0.3, -0.25) is 14.4 Å². The average molecular weight is 384 g/mol. The fourth-order valence-electron chi connectivity index (χ4n) is 2.53. The van der Waals surface area contributed by atoms with Gasteiger partial charge in [0.05, 0.1) is 0 Å². The van der Waals surface area contributed by atoms with E-state index in [0.717, 1.165) is 5.56 Å². The third-order valence-corrected chi connectivity index (χ3v) is 3.97. The molecule has 146 valence electrons. The molecule has 0 aliphatic carbocycles. The molecular weight excluding hydrogens is 364 g/mol. The molecule has 1 aliphatic rings. The third-order valence-electron chi connectivity index (χ3n) is 3.97. The first kappa shape index (κ1) is 19.2. The standard InChI is InChI=1S/C20H20N2O6/c23-18(21-9-8-14-4-2-1-3-5-14)12-26-19(24)11-22-20(25)15-6-7-16-17(10-15)28-13-27-16/h1-7,10H,8-9,11-13H2,(H,21,23)(H,22,25). The highest BCUT2D eigenvalue weighted by molar-refractivity contribution is 5.96. The fourth-order valence-corrected chi connectivity index (χ4v) is 2.53. The van der Waals surface area contributed by atoms with Gasteiger partial charge in [0.15, 0.2) is 18.1 Å². The van der Waals surface area contributed by atoms with E-state index in [2.05, 4.69) is 10.6 Å². The lowest BCUT2D eigenvalue weighted by molar-refractivity contribution is -0.147. The number of fused-ring (bicyclic) bond motifs is 1. The molecule has 1 heterocycles. The van der Waals surface area contributed by atoms with Gasteiger partial charge in [0.2, 0.25) is 6.79 Å². The van der Waals surface area contributed by atoms with E-state index < -0.39 is 24.4 Å². The summed E-state index contributed by atoms with van der Waals surface area (Å²) in [7, 11) is 0. The molecule has 0 bridgehead atoms. The minimum Gasteiger partial charge on any atom is -0.454 e. The van der Waals surface area contributed by atoms with Crippen LogP contribution in [0.1, 0.15) is 15.9 Å².